The molecule has 1 aliphatic carbocycles. The minimum Gasteiger partial charge on any atom is -0.351 e. The fourth-order valence-electron chi connectivity index (χ4n) is 2.43. The summed E-state index contributed by atoms with van der Waals surface area (Å²) in [4.78, 5) is 33.7. The molecule has 0 bridgehead atoms. The summed E-state index contributed by atoms with van der Waals surface area (Å²) < 4.78 is 0. The predicted octanol–water partition coefficient (Wildman–Crippen LogP) is 3.16. The van der Waals surface area contributed by atoms with E-state index in [1.807, 2.05) is 32.0 Å². The predicted molar refractivity (Wildman–Crippen MR) is 90.8 cm³/mol. The van der Waals surface area contributed by atoms with Crippen molar-refractivity contribution in [2.24, 2.45) is 0 Å². The summed E-state index contributed by atoms with van der Waals surface area (Å²) in [5, 5.41) is 3.13. The quantitative estimate of drug-likeness (QED) is 0.934. The van der Waals surface area contributed by atoms with Crippen LogP contribution in [0.5, 0.6) is 0 Å². The molecule has 0 saturated heterocycles. The molecule has 0 spiro atoms. The summed E-state index contributed by atoms with van der Waals surface area (Å²) >= 11 is 1.24. The molecule has 5 nitrogen and oxygen atoms in total. The van der Waals surface area contributed by atoms with Gasteiger partial charge in [-0.25, -0.2) is 9.97 Å². The van der Waals surface area contributed by atoms with Crippen molar-refractivity contribution in [1.29, 1.82) is 0 Å². The van der Waals surface area contributed by atoms with Crippen molar-refractivity contribution in [1.82, 2.24) is 9.97 Å². The van der Waals surface area contributed by atoms with Gasteiger partial charge < -0.3 is 5.32 Å². The van der Waals surface area contributed by atoms with Crippen molar-refractivity contribution in [3.8, 4) is 0 Å². The molecule has 1 aromatic carbocycles. The summed E-state index contributed by atoms with van der Waals surface area (Å²) in [6, 6.07) is 5.92. The van der Waals surface area contributed by atoms with E-state index in [2.05, 4.69) is 15.3 Å². The average molecular weight is 325 g/mol. The standard InChI is InChI=1S/C17H15N3O2S/c1-9-4-5-10(2)11(8-9)20-14-15(21)12-13(19-7-6-18-12)16(22)17(14)23-3/h4-8,20H,1-3H3. The lowest BCUT2D eigenvalue weighted by atomic mass is 10.0. The van der Waals surface area contributed by atoms with Gasteiger partial charge in [-0.05, 0) is 37.3 Å². The van der Waals surface area contributed by atoms with E-state index in [4.69, 9.17) is 0 Å². The molecule has 0 unspecified atom stereocenters. The zero-order valence-electron chi connectivity index (χ0n) is 13.0. The molecule has 0 radical (unpaired) electrons. The molecular formula is C17H15N3O2S. The molecule has 0 amide bonds. The van der Waals surface area contributed by atoms with E-state index in [9.17, 15) is 9.59 Å². The van der Waals surface area contributed by atoms with Gasteiger partial charge in [-0.2, -0.15) is 0 Å². The molecule has 1 heterocycles. The Morgan fingerprint density at radius 2 is 1.65 bits per heavy atom. The number of allylic oxidation sites excluding steroid dienone is 2. The van der Waals surface area contributed by atoms with Crippen molar-refractivity contribution < 1.29 is 9.59 Å². The van der Waals surface area contributed by atoms with Crippen molar-refractivity contribution >= 4 is 29.0 Å². The Kier molecular flexibility index (Phi) is 4.00. The molecule has 0 atom stereocenters. The second-order valence-electron chi connectivity index (χ2n) is 5.26. The molecule has 1 aromatic heterocycles. The highest BCUT2D eigenvalue weighted by Gasteiger charge is 2.34. The van der Waals surface area contributed by atoms with Gasteiger partial charge in [-0.3, -0.25) is 9.59 Å². The lowest BCUT2D eigenvalue weighted by Gasteiger charge is -2.20. The molecule has 0 saturated carbocycles. The van der Waals surface area contributed by atoms with Gasteiger partial charge >= 0.3 is 0 Å². The maximum absolute atomic E-state index is 12.7. The fraction of sp³-hybridized carbons (Fsp3) is 0.176. The molecule has 23 heavy (non-hydrogen) atoms. The number of ketones is 2. The number of carbonyl (C=O) groups is 2. The van der Waals surface area contributed by atoms with E-state index in [0.717, 1.165) is 16.8 Å². The molecule has 0 fully saturated rings. The van der Waals surface area contributed by atoms with Gasteiger partial charge in [-0.1, -0.05) is 12.1 Å². The zero-order chi connectivity index (χ0) is 16.6. The number of carbonyl (C=O) groups excluding carboxylic acids is 2. The number of fused-ring (bicyclic) bond motifs is 1. The molecular weight excluding hydrogens is 310 g/mol. The summed E-state index contributed by atoms with van der Waals surface area (Å²) in [7, 11) is 0. The van der Waals surface area contributed by atoms with Crippen LogP contribution >= 0.6 is 11.8 Å². The van der Waals surface area contributed by atoms with Gasteiger partial charge in [-0.15, -0.1) is 11.8 Å². The normalized spacial score (nSPS) is 14.0. The van der Waals surface area contributed by atoms with Gasteiger partial charge in [0.2, 0.25) is 11.6 Å². The highest BCUT2D eigenvalue weighted by Crippen LogP contribution is 2.31. The summed E-state index contributed by atoms with van der Waals surface area (Å²) in [5.74, 6) is -0.578. The molecule has 0 aliphatic heterocycles. The van der Waals surface area contributed by atoms with Crippen LogP contribution in [0.3, 0.4) is 0 Å². The number of benzene rings is 1. The maximum atomic E-state index is 12.7. The fourth-order valence-corrected chi connectivity index (χ4v) is 3.06. The number of rotatable bonds is 3. The van der Waals surface area contributed by atoms with E-state index in [0.29, 0.717) is 4.91 Å². The van der Waals surface area contributed by atoms with Crippen LogP contribution in [0.15, 0.2) is 41.2 Å². The van der Waals surface area contributed by atoms with Crippen molar-refractivity contribution in [2.45, 2.75) is 13.8 Å². The van der Waals surface area contributed by atoms with E-state index in [-0.39, 0.29) is 28.7 Å². The van der Waals surface area contributed by atoms with Crippen molar-refractivity contribution in [2.75, 3.05) is 11.6 Å². The molecule has 2 aromatic rings. The van der Waals surface area contributed by atoms with Crippen LogP contribution in [0.4, 0.5) is 5.69 Å². The van der Waals surface area contributed by atoms with E-state index in [1.54, 1.807) is 6.26 Å². The number of nitrogens with one attached hydrogen (secondary N) is 1. The first-order valence-corrected chi connectivity index (χ1v) is 8.28. The third kappa shape index (κ3) is 2.66. The number of hydrogen-bond acceptors (Lipinski definition) is 6. The molecule has 1 aliphatic rings. The highest BCUT2D eigenvalue weighted by molar-refractivity contribution is 8.03. The number of hydrogen-bond donors (Lipinski definition) is 1. The number of Topliss-reactive ketones (excluding diaryl/α,β-unsaturated/α-hetero) is 2. The molecule has 116 valence electrons. The van der Waals surface area contributed by atoms with Gasteiger partial charge in [0, 0.05) is 18.1 Å². The number of anilines is 1. The smallest absolute Gasteiger partial charge is 0.231 e. The first kappa shape index (κ1) is 15.4. The summed E-state index contributed by atoms with van der Waals surface area (Å²) in [6.45, 7) is 3.92. The lowest BCUT2D eigenvalue weighted by molar-refractivity contribution is 0.0975. The maximum Gasteiger partial charge on any atom is 0.231 e. The first-order chi connectivity index (χ1) is 11.0. The van der Waals surface area contributed by atoms with Gasteiger partial charge in [0.05, 0.1) is 4.91 Å². The van der Waals surface area contributed by atoms with Gasteiger partial charge in [0.15, 0.2) is 0 Å². The molecule has 3 rings (SSSR count). The molecule has 6 heteroatoms. The Morgan fingerprint density at radius 3 is 2.30 bits per heavy atom. The van der Waals surface area contributed by atoms with E-state index in [1.165, 1.54) is 24.2 Å². The largest absolute Gasteiger partial charge is 0.351 e. The molecule has 1 N–H and O–H groups in total. The Hall–Kier alpha value is -2.47. The van der Waals surface area contributed by atoms with Crippen LogP contribution in [-0.2, 0) is 0 Å². The van der Waals surface area contributed by atoms with E-state index < -0.39 is 0 Å². The van der Waals surface area contributed by atoms with E-state index >= 15 is 0 Å². The van der Waals surface area contributed by atoms with Crippen LogP contribution in [0.25, 0.3) is 0 Å². The SMILES string of the molecule is CSC1=C(Nc2cc(C)ccc2C)C(=O)c2nccnc2C1=O. The average Bonchev–Trinajstić information content (AvgIpc) is 2.56. The Labute approximate surface area is 138 Å². The monoisotopic (exact) mass is 325 g/mol. The second-order valence-corrected chi connectivity index (χ2v) is 6.08. The summed E-state index contributed by atoms with van der Waals surface area (Å²) in [6.07, 6.45) is 4.61. The minimum absolute atomic E-state index is 0.100. The lowest BCUT2D eigenvalue weighted by Crippen LogP contribution is -2.27. The van der Waals surface area contributed by atoms with Gasteiger partial charge in [0.1, 0.15) is 17.1 Å². The Bertz CT molecular complexity index is 859. The first-order valence-electron chi connectivity index (χ1n) is 7.06. The highest BCUT2D eigenvalue weighted by atomic mass is 32.2. The van der Waals surface area contributed by atoms with Crippen molar-refractivity contribution in [3.05, 3.63) is 63.7 Å². The van der Waals surface area contributed by atoms with Crippen molar-refractivity contribution in [3.63, 3.8) is 0 Å². The topological polar surface area (TPSA) is 72.0 Å². The Balaban J connectivity index is 2.11. The van der Waals surface area contributed by atoms with Crippen LogP contribution < -0.4 is 5.32 Å². The van der Waals surface area contributed by atoms with Gasteiger partial charge in [0.25, 0.3) is 0 Å². The summed E-state index contributed by atoms with van der Waals surface area (Å²) in [5.41, 5.74) is 3.36. The van der Waals surface area contributed by atoms with Crippen LogP contribution in [-0.4, -0.2) is 27.8 Å². The third-order valence-electron chi connectivity index (χ3n) is 3.65. The number of nitrogens with zero attached hydrogens (tertiary/aromatic N) is 2. The Morgan fingerprint density at radius 1 is 1.00 bits per heavy atom. The number of aromatic nitrogens is 2. The third-order valence-corrected chi connectivity index (χ3v) is 4.44. The number of aryl methyl sites for hydroxylation is 2. The van der Waals surface area contributed by atoms with Crippen LogP contribution in [0.2, 0.25) is 0 Å². The second kappa shape index (κ2) is 5.96. The zero-order valence-corrected chi connectivity index (χ0v) is 13.8. The van der Waals surface area contributed by atoms with Crippen LogP contribution in [0.1, 0.15) is 32.1 Å². The number of thioether (sulfide) groups is 1. The van der Waals surface area contributed by atoms with Crippen LogP contribution in [0, 0.1) is 13.8 Å². The minimum atomic E-state index is -0.307.